The molecule has 5 aromatic rings. The minimum absolute atomic E-state index is 0.0514. The first kappa shape index (κ1) is 37.6. The number of aromatic nitrogens is 2. The Morgan fingerprint density at radius 1 is 0.763 bits per heavy atom. The van der Waals surface area contributed by atoms with Gasteiger partial charge in [-0.3, -0.25) is 0 Å². The number of benzene rings is 4. The zero-order valence-electron chi connectivity index (χ0n) is 35.5. The van der Waals surface area contributed by atoms with Crippen molar-refractivity contribution >= 4 is 34.0 Å². The Balaban J connectivity index is 1.24. The molecule has 1 aliphatic carbocycles. The number of allylic oxidation sites excluding steroid dienone is 6. The molecule has 5 nitrogen and oxygen atoms in total. The maximum absolute atomic E-state index is 5.44. The normalized spacial score (nSPS) is 27.9. The van der Waals surface area contributed by atoms with E-state index < -0.39 is 0 Å². The van der Waals surface area contributed by atoms with E-state index in [1.165, 1.54) is 44.9 Å². The summed E-state index contributed by atoms with van der Waals surface area (Å²) in [5, 5.41) is 0. The standard InChI is InChI=1S/C54H57N5/c1-8-36(6)39(9-2)49-55-35-48-50(56-49)59-47-30-22-19-27-42(47)52(11-4)53(12-5,51(59)57(48)7)54(52)34-33-45-41(38-25-17-14-18-26-38)32-31-40(37-23-15-13-16-24-37)44(10-3)58(45)46-29-21-20-28-43(46)54/h8-9,13-30,35,41,45,51H,1-2,10-12,31-34H2,3-7H3. The maximum atomic E-state index is 5.44. The van der Waals surface area contributed by atoms with Crippen molar-refractivity contribution in [2.75, 3.05) is 21.7 Å². The molecule has 6 atom stereocenters. The molecule has 1 saturated carbocycles. The molecule has 1 spiro atoms. The molecule has 1 fully saturated rings. The van der Waals surface area contributed by atoms with Crippen molar-refractivity contribution in [3.05, 3.63) is 180 Å². The molecule has 0 bridgehead atoms. The van der Waals surface area contributed by atoms with Crippen LogP contribution in [-0.4, -0.2) is 29.2 Å². The Hall–Kier alpha value is -5.68. The maximum Gasteiger partial charge on any atom is 0.162 e. The monoisotopic (exact) mass is 775 g/mol. The van der Waals surface area contributed by atoms with Crippen molar-refractivity contribution in [1.29, 1.82) is 0 Å². The summed E-state index contributed by atoms with van der Waals surface area (Å²) in [6, 6.07) is 42.0. The van der Waals surface area contributed by atoms with Gasteiger partial charge in [-0.05, 0) is 97.4 Å². The molecule has 0 N–H and O–H groups in total. The number of fused-ring (bicyclic) bond motifs is 14. The van der Waals surface area contributed by atoms with Crippen molar-refractivity contribution in [2.24, 2.45) is 5.41 Å². The van der Waals surface area contributed by atoms with E-state index in [1.54, 1.807) is 0 Å². The Bertz CT molecular complexity index is 2540. The molecular weight excluding hydrogens is 719 g/mol. The summed E-state index contributed by atoms with van der Waals surface area (Å²) in [5.74, 6) is 2.06. The van der Waals surface area contributed by atoms with E-state index in [1.807, 2.05) is 12.2 Å². The van der Waals surface area contributed by atoms with Gasteiger partial charge in [0.15, 0.2) is 11.6 Å². The van der Waals surface area contributed by atoms with Crippen LogP contribution in [0.25, 0.3) is 11.1 Å². The summed E-state index contributed by atoms with van der Waals surface area (Å²) in [5.41, 5.74) is 14.1. The smallest absolute Gasteiger partial charge is 0.162 e. The van der Waals surface area contributed by atoms with Gasteiger partial charge in [0.05, 0.1) is 6.20 Å². The van der Waals surface area contributed by atoms with E-state index in [9.17, 15) is 0 Å². The number of para-hydroxylation sites is 2. The van der Waals surface area contributed by atoms with Gasteiger partial charge in [-0.25, -0.2) is 9.97 Å². The Kier molecular flexibility index (Phi) is 8.90. The van der Waals surface area contributed by atoms with Crippen molar-refractivity contribution in [3.8, 4) is 0 Å². The third kappa shape index (κ3) is 4.73. The highest BCUT2D eigenvalue weighted by Crippen LogP contribution is 2.89. The number of anilines is 4. The van der Waals surface area contributed by atoms with Gasteiger partial charge in [0.25, 0.3) is 0 Å². The molecule has 5 heteroatoms. The van der Waals surface area contributed by atoms with Crippen LogP contribution >= 0.6 is 0 Å². The molecule has 0 saturated heterocycles. The Morgan fingerprint density at radius 2 is 1.42 bits per heavy atom. The van der Waals surface area contributed by atoms with Crippen LogP contribution in [0.15, 0.2) is 152 Å². The summed E-state index contributed by atoms with van der Waals surface area (Å²) in [4.78, 5) is 18.5. The van der Waals surface area contributed by atoms with E-state index in [-0.39, 0.29) is 22.4 Å². The van der Waals surface area contributed by atoms with E-state index in [0.29, 0.717) is 17.8 Å². The third-order valence-electron chi connectivity index (χ3n) is 15.8. The molecule has 0 amide bonds. The van der Waals surface area contributed by atoms with Gasteiger partial charge in [-0.15, -0.1) is 0 Å². The molecule has 6 unspecified atom stereocenters. The van der Waals surface area contributed by atoms with Crippen LogP contribution in [-0.2, 0) is 10.8 Å². The predicted molar refractivity (Wildman–Crippen MR) is 246 cm³/mol. The molecule has 10 rings (SSSR count). The number of rotatable bonds is 8. The summed E-state index contributed by atoms with van der Waals surface area (Å²) < 4.78 is 0. The van der Waals surface area contributed by atoms with Crippen LogP contribution in [0.1, 0.15) is 107 Å². The van der Waals surface area contributed by atoms with E-state index >= 15 is 0 Å². The second-order valence-corrected chi connectivity index (χ2v) is 17.5. The largest absolute Gasteiger partial charge is 0.349 e. The molecule has 4 aromatic carbocycles. The molecule has 5 aliphatic rings. The predicted octanol–water partition coefficient (Wildman–Crippen LogP) is 12.9. The highest BCUT2D eigenvalue weighted by Gasteiger charge is 2.91. The van der Waals surface area contributed by atoms with Gasteiger partial charge in [-0.2, -0.15) is 0 Å². The van der Waals surface area contributed by atoms with Gasteiger partial charge in [-0.1, -0.05) is 143 Å². The minimum Gasteiger partial charge on any atom is -0.349 e. The van der Waals surface area contributed by atoms with Crippen LogP contribution in [0.4, 0.5) is 22.9 Å². The summed E-state index contributed by atoms with van der Waals surface area (Å²) in [7, 11) is 2.30. The molecule has 4 aliphatic heterocycles. The van der Waals surface area contributed by atoms with Crippen LogP contribution in [0.5, 0.6) is 0 Å². The Labute approximate surface area is 351 Å². The molecule has 5 heterocycles. The highest BCUT2D eigenvalue weighted by molar-refractivity contribution is 5.90. The lowest BCUT2D eigenvalue weighted by atomic mass is 9.75. The van der Waals surface area contributed by atoms with Gasteiger partial charge < -0.3 is 14.7 Å². The van der Waals surface area contributed by atoms with Gasteiger partial charge in [0.2, 0.25) is 0 Å². The van der Waals surface area contributed by atoms with Crippen LogP contribution in [0, 0.1) is 5.41 Å². The fourth-order valence-electron chi connectivity index (χ4n) is 13.7. The first-order chi connectivity index (χ1) is 28.9. The summed E-state index contributed by atoms with van der Waals surface area (Å²) >= 11 is 0. The highest BCUT2D eigenvalue weighted by atomic mass is 15.5. The van der Waals surface area contributed by atoms with Crippen molar-refractivity contribution in [1.82, 2.24) is 9.97 Å². The molecule has 59 heavy (non-hydrogen) atoms. The van der Waals surface area contributed by atoms with Crippen LogP contribution in [0.2, 0.25) is 0 Å². The van der Waals surface area contributed by atoms with Crippen LogP contribution in [0.3, 0.4) is 0 Å². The lowest BCUT2D eigenvalue weighted by Crippen LogP contribution is -2.52. The molecule has 1 aromatic heterocycles. The van der Waals surface area contributed by atoms with Gasteiger partial charge in [0.1, 0.15) is 11.9 Å². The van der Waals surface area contributed by atoms with Gasteiger partial charge >= 0.3 is 0 Å². The number of hydrogen-bond donors (Lipinski definition) is 0. The fraction of sp³-hybridized carbons (Fsp3) is 0.333. The van der Waals surface area contributed by atoms with E-state index in [2.05, 4.69) is 178 Å². The summed E-state index contributed by atoms with van der Waals surface area (Å²) in [6.45, 7) is 17.6. The number of nitrogens with zero attached hydrogens (tertiary/aromatic N) is 5. The zero-order chi connectivity index (χ0) is 40.7. The average Bonchev–Trinajstić information content (AvgIpc) is 3.83. The summed E-state index contributed by atoms with van der Waals surface area (Å²) in [6.07, 6.45) is 13.3. The SMILES string of the molecule is C=CC(C)=C(C=C)c1ncc2c(n1)N1c3ccccc3C3(CC)C4(CCC5C(c6ccccc6)CCC(c6ccccc6)=C(CC)N5c5ccccc54)C3(CC)C1N2C. The first-order valence-electron chi connectivity index (χ1n) is 22.0. The van der Waals surface area contributed by atoms with Gasteiger partial charge in [0, 0.05) is 57.9 Å². The molecule has 298 valence electrons. The van der Waals surface area contributed by atoms with Crippen molar-refractivity contribution in [2.45, 2.75) is 102 Å². The second-order valence-electron chi connectivity index (χ2n) is 17.5. The van der Waals surface area contributed by atoms with Crippen molar-refractivity contribution in [3.63, 3.8) is 0 Å². The quantitative estimate of drug-likeness (QED) is 0.147. The zero-order valence-corrected chi connectivity index (χ0v) is 35.5. The van der Waals surface area contributed by atoms with Crippen LogP contribution < -0.4 is 14.7 Å². The molecule has 0 radical (unpaired) electrons. The third-order valence-corrected chi connectivity index (χ3v) is 15.8. The average molecular weight is 776 g/mol. The lowest BCUT2D eigenvalue weighted by Gasteiger charge is -2.45. The Morgan fingerprint density at radius 3 is 2.08 bits per heavy atom. The van der Waals surface area contributed by atoms with E-state index in [4.69, 9.17) is 9.97 Å². The first-order valence-corrected chi connectivity index (χ1v) is 22.0. The van der Waals surface area contributed by atoms with E-state index in [0.717, 1.165) is 67.6 Å². The number of hydrogen-bond acceptors (Lipinski definition) is 5. The fourth-order valence-corrected chi connectivity index (χ4v) is 13.7. The minimum atomic E-state index is -0.146. The van der Waals surface area contributed by atoms with Crippen molar-refractivity contribution < 1.29 is 0 Å². The topological polar surface area (TPSA) is 35.5 Å². The lowest BCUT2D eigenvalue weighted by molar-refractivity contribution is 0.284. The second kappa shape index (κ2) is 14.0. The molecular formula is C54H57N5.